The van der Waals surface area contributed by atoms with E-state index in [4.69, 9.17) is 9.47 Å². The van der Waals surface area contributed by atoms with Crippen LogP contribution >= 0.6 is 0 Å². The van der Waals surface area contributed by atoms with Gasteiger partial charge in [0.15, 0.2) is 6.29 Å². The summed E-state index contributed by atoms with van der Waals surface area (Å²) in [6.07, 6.45) is 54.7. The first-order chi connectivity index (χ1) is 33.3. The van der Waals surface area contributed by atoms with Gasteiger partial charge in [-0.05, 0) is 19.3 Å². The number of amides is 1. The van der Waals surface area contributed by atoms with Crippen LogP contribution in [0.1, 0.15) is 303 Å². The van der Waals surface area contributed by atoms with E-state index < -0.39 is 49.5 Å². The molecule has 9 nitrogen and oxygen atoms in total. The van der Waals surface area contributed by atoms with Gasteiger partial charge in [0.2, 0.25) is 5.91 Å². The first-order valence-electron chi connectivity index (χ1n) is 29.9. The number of carbonyl (C=O) groups excluding carboxylic acids is 1. The highest BCUT2D eigenvalue weighted by Gasteiger charge is 2.44. The summed E-state index contributed by atoms with van der Waals surface area (Å²) in [5.41, 5.74) is 0. The second-order valence-electron chi connectivity index (χ2n) is 21.2. The van der Waals surface area contributed by atoms with Gasteiger partial charge in [0.1, 0.15) is 24.4 Å². The van der Waals surface area contributed by atoms with Crippen LogP contribution in [0, 0.1) is 0 Å². The molecule has 6 N–H and O–H groups in total. The fourth-order valence-electron chi connectivity index (χ4n) is 9.87. The molecule has 1 aliphatic heterocycles. The molecule has 1 aliphatic rings. The number of aliphatic hydroxyl groups is 5. The summed E-state index contributed by atoms with van der Waals surface area (Å²) in [5.74, 6) is -0.172. The van der Waals surface area contributed by atoms with Gasteiger partial charge in [-0.15, -0.1) is 0 Å². The molecule has 0 bridgehead atoms. The van der Waals surface area contributed by atoms with Crippen LogP contribution in [0.4, 0.5) is 0 Å². The normalized spacial score (nSPS) is 19.5. The number of rotatable bonds is 52. The smallest absolute Gasteiger partial charge is 0.220 e. The number of allylic oxidation sites excluding steroid dienone is 1. The largest absolute Gasteiger partial charge is 0.394 e. The van der Waals surface area contributed by atoms with Crippen LogP contribution in [0.3, 0.4) is 0 Å². The molecule has 7 atom stereocenters. The lowest BCUT2D eigenvalue weighted by Gasteiger charge is -2.40. The Bertz CT molecular complexity index is 1080. The Labute approximate surface area is 420 Å². The van der Waals surface area contributed by atoms with Gasteiger partial charge in [-0.3, -0.25) is 4.79 Å². The van der Waals surface area contributed by atoms with E-state index >= 15 is 0 Å². The van der Waals surface area contributed by atoms with E-state index in [1.807, 2.05) is 6.08 Å². The molecule has 0 saturated carbocycles. The Morgan fingerprint density at radius 1 is 0.485 bits per heavy atom. The zero-order valence-electron chi connectivity index (χ0n) is 44.9. The molecule has 404 valence electrons. The van der Waals surface area contributed by atoms with Crippen LogP contribution < -0.4 is 5.32 Å². The molecule has 1 amide bonds. The Morgan fingerprint density at radius 2 is 0.809 bits per heavy atom. The van der Waals surface area contributed by atoms with Gasteiger partial charge in [0.05, 0.1) is 25.4 Å². The van der Waals surface area contributed by atoms with Crippen molar-refractivity contribution in [2.24, 2.45) is 0 Å². The van der Waals surface area contributed by atoms with Crippen LogP contribution in [0.2, 0.25) is 0 Å². The summed E-state index contributed by atoms with van der Waals surface area (Å²) in [4.78, 5) is 13.0. The minimum absolute atomic E-state index is 0.172. The molecule has 1 heterocycles. The van der Waals surface area contributed by atoms with Crippen molar-refractivity contribution in [3.8, 4) is 0 Å². The second-order valence-corrected chi connectivity index (χ2v) is 21.2. The number of unbranched alkanes of at least 4 members (excludes halogenated alkanes) is 42. The van der Waals surface area contributed by atoms with Crippen molar-refractivity contribution in [2.75, 3.05) is 13.2 Å². The monoisotopic (exact) mass is 966 g/mol. The molecule has 0 aromatic carbocycles. The molecule has 2 unspecified atom stereocenters. The summed E-state index contributed by atoms with van der Waals surface area (Å²) >= 11 is 0. The van der Waals surface area contributed by atoms with E-state index in [9.17, 15) is 30.3 Å². The summed E-state index contributed by atoms with van der Waals surface area (Å²) in [6, 6.07) is -0.798. The third-order valence-electron chi connectivity index (χ3n) is 14.6. The van der Waals surface area contributed by atoms with Gasteiger partial charge in [0, 0.05) is 6.42 Å². The zero-order chi connectivity index (χ0) is 49.4. The SMILES string of the molecule is CCCCCCCCCC/C=C/[C@@H](O)[C@H](CO[C@@H]1O[C@H](CO)[C@@H](O)C(O)C1O)NC(=O)CCCCCCCCCCCCCCCCCCCCCCCCCCCCCCCCCCCCC. The summed E-state index contributed by atoms with van der Waals surface area (Å²) in [7, 11) is 0. The number of carbonyl (C=O) groups is 1. The third-order valence-corrected chi connectivity index (χ3v) is 14.6. The van der Waals surface area contributed by atoms with E-state index in [-0.39, 0.29) is 12.5 Å². The van der Waals surface area contributed by atoms with Crippen LogP contribution in [0.5, 0.6) is 0 Å². The topological polar surface area (TPSA) is 149 Å². The van der Waals surface area contributed by atoms with Gasteiger partial charge < -0.3 is 40.3 Å². The summed E-state index contributed by atoms with van der Waals surface area (Å²) in [6.45, 7) is 3.78. The van der Waals surface area contributed by atoms with Crippen molar-refractivity contribution < 1.29 is 39.8 Å². The highest BCUT2D eigenvalue weighted by atomic mass is 16.7. The lowest BCUT2D eigenvalue weighted by molar-refractivity contribution is -0.302. The van der Waals surface area contributed by atoms with Crippen molar-refractivity contribution in [3.05, 3.63) is 12.2 Å². The molecule has 0 aromatic rings. The predicted octanol–water partition coefficient (Wildman–Crippen LogP) is 14.8. The predicted molar refractivity (Wildman–Crippen MR) is 286 cm³/mol. The van der Waals surface area contributed by atoms with Crippen molar-refractivity contribution in [1.29, 1.82) is 0 Å². The lowest BCUT2D eigenvalue weighted by Crippen LogP contribution is -2.60. The van der Waals surface area contributed by atoms with Gasteiger partial charge in [-0.1, -0.05) is 289 Å². The van der Waals surface area contributed by atoms with Crippen LogP contribution in [0.25, 0.3) is 0 Å². The fourth-order valence-corrected chi connectivity index (χ4v) is 9.87. The first-order valence-corrected chi connectivity index (χ1v) is 29.9. The maximum Gasteiger partial charge on any atom is 0.220 e. The maximum absolute atomic E-state index is 13.0. The molecule has 1 rings (SSSR count). The quantitative estimate of drug-likeness (QED) is 0.0261. The number of ether oxygens (including phenoxy) is 2. The van der Waals surface area contributed by atoms with Crippen molar-refractivity contribution in [2.45, 2.75) is 346 Å². The number of hydrogen-bond acceptors (Lipinski definition) is 8. The van der Waals surface area contributed by atoms with Gasteiger partial charge in [0.25, 0.3) is 0 Å². The third kappa shape index (κ3) is 38.6. The van der Waals surface area contributed by atoms with Gasteiger partial charge >= 0.3 is 0 Å². The maximum atomic E-state index is 13.0. The average molecular weight is 967 g/mol. The minimum Gasteiger partial charge on any atom is -0.394 e. The number of nitrogens with one attached hydrogen (secondary N) is 1. The van der Waals surface area contributed by atoms with E-state index in [1.54, 1.807) is 6.08 Å². The zero-order valence-corrected chi connectivity index (χ0v) is 44.9. The summed E-state index contributed by atoms with van der Waals surface area (Å²) < 4.78 is 11.2. The fraction of sp³-hybridized carbons (Fsp3) is 0.949. The Morgan fingerprint density at radius 3 is 1.15 bits per heavy atom. The first kappa shape index (κ1) is 64.9. The standard InChI is InChI=1S/C59H115NO8/c1-3-5-7-9-11-13-15-16-17-18-19-20-21-22-23-24-25-26-27-28-29-30-31-32-33-34-35-36-37-38-39-41-43-45-47-49-55(63)60-52(51-67-59-58(66)57(65)56(64)54(50-61)68-59)53(62)48-46-44-42-40-14-12-10-8-6-4-2/h46,48,52-54,56-59,61-62,64-66H,3-45,47,49-51H2,1-2H3,(H,60,63)/b48-46+/t52-,53+,54+,56+,57?,58?,59+/m0/s1. The molecule has 0 radical (unpaired) electrons. The molecule has 9 heteroatoms. The molecule has 0 aliphatic carbocycles. The van der Waals surface area contributed by atoms with Crippen molar-refractivity contribution in [1.82, 2.24) is 5.32 Å². The highest BCUT2D eigenvalue weighted by Crippen LogP contribution is 2.23. The van der Waals surface area contributed by atoms with Crippen LogP contribution in [-0.4, -0.2) is 87.5 Å². The Hall–Kier alpha value is -1.07. The lowest BCUT2D eigenvalue weighted by atomic mass is 9.99. The second kappa shape index (κ2) is 49.5. The van der Waals surface area contributed by atoms with E-state index in [2.05, 4.69) is 19.2 Å². The molecule has 1 saturated heterocycles. The minimum atomic E-state index is -1.56. The molecule has 0 spiro atoms. The average Bonchev–Trinajstić information content (AvgIpc) is 3.34. The van der Waals surface area contributed by atoms with E-state index in [0.717, 1.165) is 38.5 Å². The molecular formula is C59H115NO8. The van der Waals surface area contributed by atoms with Gasteiger partial charge in [-0.2, -0.15) is 0 Å². The van der Waals surface area contributed by atoms with E-state index in [0.29, 0.717) is 6.42 Å². The van der Waals surface area contributed by atoms with Crippen molar-refractivity contribution in [3.63, 3.8) is 0 Å². The number of hydrogen-bond donors (Lipinski definition) is 6. The Kier molecular flexibility index (Phi) is 47.3. The highest BCUT2D eigenvalue weighted by molar-refractivity contribution is 5.76. The summed E-state index contributed by atoms with van der Waals surface area (Å²) in [5, 5.41) is 54.3. The molecule has 68 heavy (non-hydrogen) atoms. The molecular weight excluding hydrogens is 851 g/mol. The van der Waals surface area contributed by atoms with Gasteiger partial charge in [-0.25, -0.2) is 0 Å². The Balaban J connectivity index is 2.02. The molecule has 1 fully saturated rings. The number of aliphatic hydroxyl groups excluding tert-OH is 5. The van der Waals surface area contributed by atoms with Crippen molar-refractivity contribution >= 4 is 5.91 Å². The van der Waals surface area contributed by atoms with E-state index in [1.165, 1.54) is 244 Å². The van der Waals surface area contributed by atoms with Crippen LogP contribution in [0.15, 0.2) is 12.2 Å². The molecule has 0 aromatic heterocycles. The van der Waals surface area contributed by atoms with Crippen LogP contribution in [-0.2, 0) is 14.3 Å².